The summed E-state index contributed by atoms with van der Waals surface area (Å²) >= 11 is 0. The number of piperazine rings is 1. The third-order valence-electron chi connectivity index (χ3n) is 6.01. The predicted octanol–water partition coefficient (Wildman–Crippen LogP) is 3.41. The molecule has 2 aromatic carbocycles. The van der Waals surface area contributed by atoms with Crippen LogP contribution >= 0.6 is 0 Å². The zero-order chi connectivity index (χ0) is 21.4. The Labute approximate surface area is 181 Å². The van der Waals surface area contributed by atoms with E-state index < -0.39 is 0 Å². The number of methoxy groups -OCH3 is 1. The summed E-state index contributed by atoms with van der Waals surface area (Å²) < 4.78 is 6.95. The summed E-state index contributed by atoms with van der Waals surface area (Å²) in [6.07, 6.45) is 3.65. The lowest BCUT2D eigenvalue weighted by Crippen LogP contribution is -2.44. The van der Waals surface area contributed by atoms with Gasteiger partial charge < -0.3 is 20.3 Å². The SMILES string of the molecule is COc1ccc(-c2cnc3c(-c4ccc(N5CCN(C)CC5)cc4)cnn3c2N)cc1. The van der Waals surface area contributed by atoms with E-state index in [9.17, 15) is 0 Å². The number of aromatic nitrogens is 3. The molecule has 1 saturated heterocycles. The quantitative estimate of drug-likeness (QED) is 0.552. The summed E-state index contributed by atoms with van der Waals surface area (Å²) in [5, 5.41) is 4.52. The fourth-order valence-corrected chi connectivity index (χ4v) is 4.06. The van der Waals surface area contributed by atoms with Crippen molar-refractivity contribution < 1.29 is 4.74 Å². The highest BCUT2D eigenvalue weighted by Crippen LogP contribution is 2.31. The first-order valence-corrected chi connectivity index (χ1v) is 10.4. The molecule has 1 aliphatic heterocycles. The van der Waals surface area contributed by atoms with Crippen LogP contribution in [0.1, 0.15) is 0 Å². The molecule has 0 saturated carbocycles. The van der Waals surface area contributed by atoms with Crippen LogP contribution in [-0.4, -0.2) is 59.8 Å². The standard InChI is InChI=1S/C24H26N6O/c1-28-11-13-29(14-12-28)19-7-3-18(4-8-19)22-16-27-30-23(25)21(15-26-24(22)30)17-5-9-20(31-2)10-6-17/h3-10,15-16H,11-14,25H2,1-2H3. The molecule has 1 aliphatic rings. The van der Waals surface area contributed by atoms with Gasteiger partial charge in [-0.3, -0.25) is 0 Å². The Morgan fingerprint density at radius 2 is 1.48 bits per heavy atom. The van der Waals surface area contributed by atoms with Crippen LogP contribution in [0.2, 0.25) is 0 Å². The molecule has 2 N–H and O–H groups in total. The molecular weight excluding hydrogens is 388 g/mol. The van der Waals surface area contributed by atoms with Gasteiger partial charge in [-0.2, -0.15) is 9.61 Å². The Kier molecular flexibility index (Phi) is 4.95. The van der Waals surface area contributed by atoms with Crippen molar-refractivity contribution in [1.82, 2.24) is 19.5 Å². The number of rotatable bonds is 4. The molecule has 3 heterocycles. The third kappa shape index (κ3) is 3.57. The minimum Gasteiger partial charge on any atom is -0.497 e. The molecule has 0 bridgehead atoms. The second-order valence-corrected chi connectivity index (χ2v) is 7.92. The van der Waals surface area contributed by atoms with Crippen molar-refractivity contribution in [3.8, 4) is 28.0 Å². The molecule has 0 radical (unpaired) electrons. The number of fused-ring (bicyclic) bond motifs is 1. The van der Waals surface area contributed by atoms with Crippen LogP contribution in [0.15, 0.2) is 60.9 Å². The maximum absolute atomic E-state index is 6.46. The largest absolute Gasteiger partial charge is 0.497 e. The molecule has 0 amide bonds. The van der Waals surface area contributed by atoms with Gasteiger partial charge >= 0.3 is 0 Å². The summed E-state index contributed by atoms with van der Waals surface area (Å²) in [7, 11) is 3.82. The molecule has 0 atom stereocenters. The van der Waals surface area contributed by atoms with Gasteiger partial charge in [-0.05, 0) is 42.4 Å². The minimum atomic E-state index is 0.565. The first-order valence-electron chi connectivity index (χ1n) is 10.4. The zero-order valence-electron chi connectivity index (χ0n) is 17.8. The van der Waals surface area contributed by atoms with Crippen LogP contribution in [0.25, 0.3) is 27.9 Å². The van der Waals surface area contributed by atoms with Crippen molar-refractivity contribution in [3.05, 3.63) is 60.9 Å². The predicted molar refractivity (Wildman–Crippen MR) is 125 cm³/mol. The molecular formula is C24H26N6O. The molecule has 0 spiro atoms. The van der Waals surface area contributed by atoms with E-state index in [1.165, 1.54) is 5.69 Å². The number of anilines is 2. The van der Waals surface area contributed by atoms with E-state index in [2.05, 4.69) is 46.2 Å². The molecule has 5 rings (SSSR count). The van der Waals surface area contributed by atoms with Crippen LogP contribution in [-0.2, 0) is 0 Å². The maximum atomic E-state index is 6.46. The van der Waals surface area contributed by atoms with E-state index in [0.29, 0.717) is 5.82 Å². The molecule has 31 heavy (non-hydrogen) atoms. The third-order valence-corrected chi connectivity index (χ3v) is 6.01. The summed E-state index contributed by atoms with van der Waals surface area (Å²) in [6, 6.07) is 16.4. The van der Waals surface area contributed by atoms with Crippen molar-refractivity contribution in [3.63, 3.8) is 0 Å². The summed E-state index contributed by atoms with van der Waals surface area (Å²) in [4.78, 5) is 9.48. The zero-order valence-corrected chi connectivity index (χ0v) is 17.8. The fraction of sp³-hybridized carbons (Fsp3) is 0.250. The number of nitrogen functional groups attached to an aromatic ring is 1. The first-order chi connectivity index (χ1) is 15.1. The summed E-state index contributed by atoms with van der Waals surface area (Å²) in [5.74, 6) is 1.37. The Bertz CT molecular complexity index is 1190. The Balaban J connectivity index is 1.45. The van der Waals surface area contributed by atoms with Crippen LogP contribution < -0.4 is 15.4 Å². The Morgan fingerprint density at radius 1 is 0.839 bits per heavy atom. The van der Waals surface area contributed by atoms with Crippen LogP contribution in [0.3, 0.4) is 0 Å². The van der Waals surface area contributed by atoms with E-state index in [4.69, 9.17) is 15.5 Å². The highest BCUT2D eigenvalue weighted by Gasteiger charge is 2.16. The summed E-state index contributed by atoms with van der Waals surface area (Å²) in [6.45, 7) is 4.29. The van der Waals surface area contributed by atoms with Crippen LogP contribution in [0.5, 0.6) is 5.75 Å². The smallest absolute Gasteiger partial charge is 0.165 e. The van der Waals surface area contributed by atoms with Crippen molar-refractivity contribution >= 4 is 17.2 Å². The van der Waals surface area contributed by atoms with Crippen molar-refractivity contribution in [2.24, 2.45) is 0 Å². The first kappa shape index (κ1) is 19.4. The second kappa shape index (κ2) is 7.92. The molecule has 7 nitrogen and oxygen atoms in total. The van der Waals surface area contributed by atoms with Gasteiger partial charge in [0.15, 0.2) is 5.65 Å². The number of hydrogen-bond donors (Lipinski definition) is 1. The van der Waals surface area contributed by atoms with Gasteiger partial charge in [0.2, 0.25) is 0 Å². The maximum Gasteiger partial charge on any atom is 0.165 e. The lowest BCUT2D eigenvalue weighted by molar-refractivity contribution is 0.313. The number of benzene rings is 2. The molecule has 158 valence electrons. The molecule has 7 heteroatoms. The minimum absolute atomic E-state index is 0.565. The van der Waals surface area contributed by atoms with Crippen molar-refractivity contribution in [2.75, 3.05) is 51.0 Å². The van der Waals surface area contributed by atoms with Crippen molar-refractivity contribution in [1.29, 1.82) is 0 Å². The van der Waals surface area contributed by atoms with Gasteiger partial charge in [-0.25, -0.2) is 4.98 Å². The lowest BCUT2D eigenvalue weighted by Gasteiger charge is -2.34. The second-order valence-electron chi connectivity index (χ2n) is 7.92. The molecule has 0 aliphatic carbocycles. The normalized spacial score (nSPS) is 14.8. The Hall–Kier alpha value is -3.58. The van der Waals surface area contributed by atoms with E-state index in [1.54, 1.807) is 11.6 Å². The average Bonchev–Trinajstić information content (AvgIpc) is 3.25. The van der Waals surface area contributed by atoms with Gasteiger partial charge in [0.05, 0.1) is 13.3 Å². The number of hydrogen-bond acceptors (Lipinski definition) is 6. The topological polar surface area (TPSA) is 71.9 Å². The van der Waals surface area contributed by atoms with E-state index in [1.807, 2.05) is 36.7 Å². The highest BCUT2D eigenvalue weighted by molar-refractivity contribution is 5.82. The molecule has 4 aromatic rings. The summed E-state index contributed by atoms with van der Waals surface area (Å²) in [5.41, 5.74) is 12.3. The Morgan fingerprint density at radius 3 is 2.16 bits per heavy atom. The number of nitrogens with zero attached hydrogens (tertiary/aromatic N) is 5. The van der Waals surface area contributed by atoms with Gasteiger partial charge in [0.1, 0.15) is 11.6 Å². The van der Waals surface area contributed by atoms with E-state index in [0.717, 1.165) is 59.8 Å². The number of ether oxygens (including phenoxy) is 1. The van der Waals surface area contributed by atoms with E-state index in [-0.39, 0.29) is 0 Å². The fourth-order valence-electron chi connectivity index (χ4n) is 4.06. The monoisotopic (exact) mass is 414 g/mol. The van der Waals surface area contributed by atoms with Gasteiger partial charge in [-0.1, -0.05) is 24.3 Å². The average molecular weight is 415 g/mol. The van der Waals surface area contributed by atoms with Gasteiger partial charge in [0, 0.05) is 49.2 Å². The van der Waals surface area contributed by atoms with Crippen LogP contribution in [0, 0.1) is 0 Å². The van der Waals surface area contributed by atoms with Gasteiger partial charge in [-0.15, -0.1) is 0 Å². The molecule has 2 aromatic heterocycles. The lowest BCUT2D eigenvalue weighted by atomic mass is 10.1. The van der Waals surface area contributed by atoms with E-state index >= 15 is 0 Å². The van der Waals surface area contributed by atoms with Crippen LogP contribution in [0.4, 0.5) is 11.5 Å². The number of likely N-dealkylation sites (N-methyl/N-ethyl adjacent to an activating group) is 1. The number of nitrogens with two attached hydrogens (primary N) is 1. The molecule has 0 unspecified atom stereocenters. The molecule has 1 fully saturated rings. The van der Waals surface area contributed by atoms with Crippen molar-refractivity contribution in [2.45, 2.75) is 0 Å². The highest BCUT2D eigenvalue weighted by atomic mass is 16.5. The van der Waals surface area contributed by atoms with Gasteiger partial charge in [0.25, 0.3) is 0 Å².